The molecule has 0 bridgehead atoms. The molecule has 106 valence electrons. The highest BCUT2D eigenvalue weighted by Crippen LogP contribution is 2.18. The van der Waals surface area contributed by atoms with Crippen molar-refractivity contribution in [3.63, 3.8) is 0 Å². The van der Waals surface area contributed by atoms with Gasteiger partial charge in [0, 0.05) is 6.54 Å². The summed E-state index contributed by atoms with van der Waals surface area (Å²) in [5.74, 6) is 1.04. The molecular formula is C16H22N4. The van der Waals surface area contributed by atoms with Crippen molar-refractivity contribution in [1.29, 1.82) is 5.26 Å². The van der Waals surface area contributed by atoms with Crippen LogP contribution in [0.25, 0.3) is 11.0 Å². The molecule has 0 aliphatic rings. The highest BCUT2D eigenvalue weighted by Gasteiger charge is 2.21. The van der Waals surface area contributed by atoms with Crippen LogP contribution in [0.3, 0.4) is 0 Å². The molecule has 20 heavy (non-hydrogen) atoms. The van der Waals surface area contributed by atoms with Crippen LogP contribution in [0.2, 0.25) is 0 Å². The van der Waals surface area contributed by atoms with Gasteiger partial charge in [0.2, 0.25) is 0 Å². The lowest BCUT2D eigenvalue weighted by atomic mass is 9.97. The van der Waals surface area contributed by atoms with Crippen LogP contribution in [-0.4, -0.2) is 21.6 Å². The van der Waals surface area contributed by atoms with Gasteiger partial charge in [-0.15, -0.1) is 0 Å². The van der Waals surface area contributed by atoms with Crippen LogP contribution in [0.15, 0.2) is 24.3 Å². The predicted molar refractivity (Wildman–Crippen MR) is 81.4 cm³/mol. The van der Waals surface area contributed by atoms with Gasteiger partial charge in [-0.25, -0.2) is 4.98 Å². The normalized spacial score (nSPS) is 14.1. The topological polar surface area (TPSA) is 53.6 Å². The molecule has 0 aliphatic heterocycles. The summed E-state index contributed by atoms with van der Waals surface area (Å²) in [4.78, 5) is 4.57. The van der Waals surface area contributed by atoms with Gasteiger partial charge in [-0.3, -0.25) is 5.32 Å². The maximum absolute atomic E-state index is 9.27. The summed E-state index contributed by atoms with van der Waals surface area (Å²) >= 11 is 0. The Bertz CT molecular complexity index is 623. The Morgan fingerprint density at radius 1 is 1.40 bits per heavy atom. The zero-order valence-corrected chi connectivity index (χ0v) is 12.5. The fourth-order valence-corrected chi connectivity index (χ4v) is 2.64. The van der Waals surface area contributed by atoms with E-state index in [9.17, 15) is 5.26 Å². The highest BCUT2D eigenvalue weighted by atomic mass is 15.1. The molecule has 0 amide bonds. The Morgan fingerprint density at radius 2 is 2.15 bits per heavy atom. The summed E-state index contributed by atoms with van der Waals surface area (Å²) in [6.07, 6.45) is 1.79. The minimum Gasteiger partial charge on any atom is -0.328 e. The highest BCUT2D eigenvalue weighted by molar-refractivity contribution is 5.75. The third-order valence-corrected chi connectivity index (χ3v) is 3.72. The monoisotopic (exact) mass is 270 g/mol. The smallest absolute Gasteiger partial charge is 0.106 e. The molecule has 2 rings (SSSR count). The summed E-state index contributed by atoms with van der Waals surface area (Å²) < 4.78 is 2.24. The van der Waals surface area contributed by atoms with Crippen molar-refractivity contribution in [3.8, 4) is 6.07 Å². The number of nitrogens with one attached hydrogen (secondary N) is 1. The van der Waals surface area contributed by atoms with Crippen molar-refractivity contribution in [2.75, 3.05) is 6.54 Å². The second-order valence-corrected chi connectivity index (χ2v) is 5.38. The van der Waals surface area contributed by atoms with Crippen molar-refractivity contribution in [3.05, 3.63) is 30.1 Å². The number of benzene rings is 1. The van der Waals surface area contributed by atoms with Gasteiger partial charge in [-0.05, 0) is 45.4 Å². The summed E-state index contributed by atoms with van der Waals surface area (Å²) in [6.45, 7) is 7.75. The summed E-state index contributed by atoms with van der Waals surface area (Å²) in [5, 5.41) is 12.5. The SMILES string of the molecule is CCNC(C)(C#N)CCCn1c(C)nc2ccccc21. The van der Waals surface area contributed by atoms with Crippen molar-refractivity contribution >= 4 is 11.0 Å². The van der Waals surface area contributed by atoms with Crippen LogP contribution in [0.4, 0.5) is 0 Å². The first-order valence-electron chi connectivity index (χ1n) is 7.18. The quantitative estimate of drug-likeness (QED) is 0.878. The van der Waals surface area contributed by atoms with Crippen LogP contribution in [0.1, 0.15) is 32.5 Å². The van der Waals surface area contributed by atoms with E-state index in [0.717, 1.165) is 37.3 Å². The molecule has 4 heteroatoms. The average Bonchev–Trinajstić information content (AvgIpc) is 2.75. The Hall–Kier alpha value is -1.86. The third kappa shape index (κ3) is 3.00. The van der Waals surface area contributed by atoms with E-state index in [1.54, 1.807) is 0 Å². The third-order valence-electron chi connectivity index (χ3n) is 3.72. The summed E-state index contributed by atoms with van der Waals surface area (Å²) in [7, 11) is 0. The van der Waals surface area contributed by atoms with Gasteiger partial charge < -0.3 is 4.57 Å². The molecule has 4 nitrogen and oxygen atoms in total. The molecule has 1 unspecified atom stereocenters. The molecule has 0 radical (unpaired) electrons. The van der Waals surface area contributed by atoms with Gasteiger partial charge in [0.15, 0.2) is 0 Å². The maximum atomic E-state index is 9.27. The van der Waals surface area contributed by atoms with Gasteiger partial charge >= 0.3 is 0 Å². The maximum Gasteiger partial charge on any atom is 0.106 e. The van der Waals surface area contributed by atoms with Gasteiger partial charge in [0.1, 0.15) is 11.4 Å². The van der Waals surface area contributed by atoms with E-state index < -0.39 is 5.54 Å². The van der Waals surface area contributed by atoms with Gasteiger partial charge in [0.05, 0.1) is 17.1 Å². The van der Waals surface area contributed by atoms with Crippen LogP contribution < -0.4 is 5.32 Å². The standard InChI is InChI=1S/C16H22N4/c1-4-18-16(3,12-17)10-7-11-20-13(2)19-14-8-5-6-9-15(14)20/h5-6,8-9,18H,4,7,10-11H2,1-3H3. The lowest BCUT2D eigenvalue weighted by Gasteiger charge is -2.22. The predicted octanol–water partition coefficient (Wildman–Crippen LogP) is 3.02. The molecule has 0 spiro atoms. The average molecular weight is 270 g/mol. The van der Waals surface area contributed by atoms with Crippen molar-refractivity contribution in [2.45, 2.75) is 45.7 Å². The van der Waals surface area contributed by atoms with Crippen LogP contribution in [0.5, 0.6) is 0 Å². The summed E-state index contributed by atoms with van der Waals surface area (Å²) in [6, 6.07) is 10.6. The second-order valence-electron chi connectivity index (χ2n) is 5.38. The van der Waals surface area contributed by atoms with Crippen LogP contribution in [-0.2, 0) is 6.54 Å². The molecule has 0 saturated carbocycles. The lowest BCUT2D eigenvalue weighted by molar-refractivity contribution is 0.403. The van der Waals surface area contributed by atoms with E-state index in [-0.39, 0.29) is 0 Å². The minimum atomic E-state index is -0.432. The Morgan fingerprint density at radius 3 is 2.85 bits per heavy atom. The molecule has 1 aromatic carbocycles. The Balaban J connectivity index is 2.07. The van der Waals surface area contributed by atoms with E-state index in [0.29, 0.717) is 0 Å². The summed E-state index contributed by atoms with van der Waals surface area (Å²) in [5.41, 5.74) is 1.78. The van der Waals surface area contributed by atoms with Crippen molar-refractivity contribution in [2.24, 2.45) is 0 Å². The molecule has 0 fully saturated rings. The van der Waals surface area contributed by atoms with Gasteiger partial charge in [-0.2, -0.15) is 5.26 Å². The van der Waals surface area contributed by atoms with Gasteiger partial charge in [-0.1, -0.05) is 19.1 Å². The number of fused-ring (bicyclic) bond motifs is 1. The first-order chi connectivity index (χ1) is 9.59. The zero-order valence-electron chi connectivity index (χ0n) is 12.5. The lowest BCUT2D eigenvalue weighted by Crippen LogP contribution is -2.40. The van der Waals surface area contributed by atoms with Gasteiger partial charge in [0.25, 0.3) is 0 Å². The Kier molecular flexibility index (Phi) is 4.41. The largest absolute Gasteiger partial charge is 0.328 e. The minimum absolute atomic E-state index is 0.432. The number of hydrogen-bond donors (Lipinski definition) is 1. The molecule has 2 aromatic rings. The number of nitriles is 1. The number of hydrogen-bond acceptors (Lipinski definition) is 3. The molecule has 1 aromatic heterocycles. The van der Waals surface area contributed by atoms with E-state index in [2.05, 4.69) is 27.0 Å². The van der Waals surface area contributed by atoms with Crippen molar-refractivity contribution in [1.82, 2.24) is 14.9 Å². The fourth-order valence-electron chi connectivity index (χ4n) is 2.64. The number of rotatable bonds is 6. The number of nitrogens with zero attached hydrogens (tertiary/aromatic N) is 3. The van der Waals surface area contributed by atoms with E-state index in [1.165, 1.54) is 5.52 Å². The molecule has 0 aliphatic carbocycles. The molecule has 1 N–H and O–H groups in total. The number of imidazole rings is 1. The van der Waals surface area contributed by atoms with Crippen LogP contribution >= 0.6 is 0 Å². The molecule has 1 atom stereocenters. The number of aromatic nitrogens is 2. The van der Waals surface area contributed by atoms with E-state index in [4.69, 9.17) is 0 Å². The molecule has 1 heterocycles. The fraction of sp³-hybridized carbons (Fsp3) is 0.500. The van der Waals surface area contributed by atoms with E-state index in [1.807, 2.05) is 39.0 Å². The van der Waals surface area contributed by atoms with Crippen molar-refractivity contribution < 1.29 is 0 Å². The zero-order chi connectivity index (χ0) is 14.6. The molecule has 0 saturated heterocycles. The van der Waals surface area contributed by atoms with Crippen LogP contribution in [0, 0.1) is 18.3 Å². The molecular weight excluding hydrogens is 248 g/mol. The first-order valence-corrected chi connectivity index (χ1v) is 7.18. The first kappa shape index (κ1) is 14.5. The number of aryl methyl sites for hydroxylation is 2. The Labute approximate surface area is 120 Å². The number of para-hydroxylation sites is 2. The van der Waals surface area contributed by atoms with E-state index >= 15 is 0 Å². The second kappa shape index (κ2) is 6.06.